The van der Waals surface area contributed by atoms with Crippen molar-refractivity contribution in [2.24, 2.45) is 5.41 Å². The van der Waals surface area contributed by atoms with Crippen molar-refractivity contribution in [2.45, 2.75) is 45.7 Å². The molecule has 20 heavy (non-hydrogen) atoms. The highest BCUT2D eigenvalue weighted by molar-refractivity contribution is 7.89. The topological polar surface area (TPSA) is 101 Å². The number of carbonyl (C=O) groups excluding carboxylic acids is 1. The minimum absolute atomic E-state index is 0.0968. The molecule has 0 aliphatic heterocycles. The molecule has 0 aliphatic rings. The van der Waals surface area contributed by atoms with Crippen molar-refractivity contribution >= 4 is 16.0 Å². The molecule has 0 saturated heterocycles. The van der Waals surface area contributed by atoms with Crippen LogP contribution in [0.15, 0.2) is 11.2 Å². The van der Waals surface area contributed by atoms with Gasteiger partial charge in [0.25, 0.3) is 10.0 Å². The quantitative estimate of drug-likeness (QED) is 0.798. The third kappa shape index (κ3) is 3.80. The lowest BCUT2D eigenvalue weighted by atomic mass is 9.89. The molecule has 0 aliphatic carbocycles. The Labute approximate surface area is 119 Å². The number of sulfonamides is 1. The lowest BCUT2D eigenvalue weighted by Gasteiger charge is -2.27. The summed E-state index contributed by atoms with van der Waals surface area (Å²) >= 11 is 0. The summed E-state index contributed by atoms with van der Waals surface area (Å²) < 4.78 is 31.9. The van der Waals surface area contributed by atoms with Crippen LogP contribution in [-0.4, -0.2) is 37.2 Å². The molecule has 2 N–H and O–H groups in total. The van der Waals surface area contributed by atoms with E-state index in [1.807, 2.05) is 20.8 Å². The van der Waals surface area contributed by atoms with Gasteiger partial charge in [0.15, 0.2) is 5.03 Å². The van der Waals surface area contributed by atoms with Gasteiger partial charge >= 0.3 is 5.97 Å². The van der Waals surface area contributed by atoms with Crippen LogP contribution < -0.4 is 4.72 Å². The summed E-state index contributed by atoms with van der Waals surface area (Å²) in [6.45, 7) is 9.32. The van der Waals surface area contributed by atoms with Gasteiger partial charge < -0.3 is 4.74 Å². The van der Waals surface area contributed by atoms with Gasteiger partial charge in [-0.15, -0.1) is 0 Å². The normalized spacial score (nSPS) is 14.1. The number of hydrogen-bond acceptors (Lipinski definition) is 5. The summed E-state index contributed by atoms with van der Waals surface area (Å²) in [5, 5.41) is 5.69. The number of esters is 1. The van der Waals surface area contributed by atoms with Crippen molar-refractivity contribution in [3.05, 3.63) is 11.8 Å². The van der Waals surface area contributed by atoms with Gasteiger partial charge in [-0.25, -0.2) is 17.9 Å². The van der Waals surface area contributed by atoms with E-state index in [9.17, 15) is 13.2 Å². The van der Waals surface area contributed by atoms with E-state index in [-0.39, 0.29) is 28.7 Å². The van der Waals surface area contributed by atoms with E-state index in [0.29, 0.717) is 0 Å². The highest BCUT2D eigenvalue weighted by atomic mass is 32.2. The molecule has 114 valence electrons. The fourth-order valence-electron chi connectivity index (χ4n) is 1.30. The minimum atomic E-state index is -3.86. The molecule has 7 nitrogen and oxygen atoms in total. The number of aromatic nitrogens is 2. The molecule has 0 aromatic carbocycles. The number of H-pyrrole nitrogens is 1. The zero-order valence-electron chi connectivity index (χ0n) is 12.4. The first kappa shape index (κ1) is 16.6. The maximum atomic E-state index is 12.3. The first-order valence-electron chi connectivity index (χ1n) is 6.32. The van der Waals surface area contributed by atoms with E-state index in [1.165, 1.54) is 0 Å². The molecule has 0 amide bonds. The zero-order valence-corrected chi connectivity index (χ0v) is 13.2. The Bertz CT molecular complexity index is 572. The van der Waals surface area contributed by atoms with E-state index in [2.05, 4.69) is 14.9 Å². The third-order valence-electron chi connectivity index (χ3n) is 3.00. The van der Waals surface area contributed by atoms with Gasteiger partial charge in [-0.05, 0) is 19.3 Å². The smallest absolute Gasteiger partial charge is 0.342 e. The van der Waals surface area contributed by atoms with E-state index in [4.69, 9.17) is 4.74 Å². The van der Waals surface area contributed by atoms with E-state index < -0.39 is 16.0 Å². The lowest BCUT2D eigenvalue weighted by molar-refractivity contribution is 0.0522. The van der Waals surface area contributed by atoms with Crippen LogP contribution in [0.4, 0.5) is 0 Å². The Balaban J connectivity index is 3.06. The SMILES string of the molecule is CCOC(=O)c1cn[nH]c1S(=O)(=O)NC(C)C(C)(C)C. The van der Waals surface area contributed by atoms with Gasteiger partial charge in [0.2, 0.25) is 0 Å². The maximum absolute atomic E-state index is 12.3. The second-order valence-corrected chi connectivity index (χ2v) is 7.19. The summed E-state index contributed by atoms with van der Waals surface area (Å²) in [7, 11) is -3.86. The zero-order chi connectivity index (χ0) is 15.6. The fraction of sp³-hybridized carbons (Fsp3) is 0.667. The summed E-state index contributed by atoms with van der Waals surface area (Å²) in [4.78, 5) is 11.7. The Kier molecular flexibility index (Phi) is 4.93. The first-order chi connectivity index (χ1) is 9.09. The second kappa shape index (κ2) is 5.92. The molecule has 1 rings (SSSR count). The number of ether oxygens (including phenoxy) is 1. The molecule has 0 radical (unpaired) electrons. The molecule has 1 unspecified atom stereocenters. The van der Waals surface area contributed by atoms with E-state index >= 15 is 0 Å². The summed E-state index contributed by atoms with van der Waals surface area (Å²) in [5.41, 5.74) is -0.350. The highest BCUT2D eigenvalue weighted by Gasteiger charge is 2.30. The standard InChI is InChI=1S/C12H21N3O4S/c1-6-19-11(16)9-7-13-14-10(9)20(17,18)15-8(2)12(3,4)5/h7-8,15H,6H2,1-5H3,(H,13,14). The molecule has 0 saturated carbocycles. The lowest BCUT2D eigenvalue weighted by Crippen LogP contribution is -2.41. The molecule has 0 spiro atoms. The van der Waals surface area contributed by atoms with Crippen molar-refractivity contribution in [1.82, 2.24) is 14.9 Å². The van der Waals surface area contributed by atoms with Crippen molar-refractivity contribution in [2.75, 3.05) is 6.61 Å². The van der Waals surface area contributed by atoms with Crippen LogP contribution in [0, 0.1) is 5.41 Å². The molecule has 1 aromatic heterocycles. The van der Waals surface area contributed by atoms with Gasteiger partial charge in [-0.3, -0.25) is 5.10 Å². The molecule has 1 aromatic rings. The second-order valence-electron chi connectivity index (χ2n) is 5.54. The fourth-order valence-corrected chi connectivity index (χ4v) is 2.84. The minimum Gasteiger partial charge on any atom is -0.462 e. The number of nitrogens with one attached hydrogen (secondary N) is 2. The monoisotopic (exact) mass is 303 g/mol. The van der Waals surface area contributed by atoms with Crippen molar-refractivity contribution in [3.8, 4) is 0 Å². The number of nitrogens with zero attached hydrogens (tertiary/aromatic N) is 1. The van der Waals surface area contributed by atoms with Crippen LogP contribution in [0.3, 0.4) is 0 Å². The van der Waals surface area contributed by atoms with Crippen molar-refractivity contribution in [3.63, 3.8) is 0 Å². The van der Waals surface area contributed by atoms with Gasteiger partial charge in [0.1, 0.15) is 5.56 Å². The number of rotatable bonds is 5. The van der Waals surface area contributed by atoms with Crippen LogP contribution in [0.5, 0.6) is 0 Å². The summed E-state index contributed by atoms with van der Waals surface area (Å²) in [6, 6.07) is -0.314. The third-order valence-corrected chi connectivity index (χ3v) is 4.51. The average Bonchev–Trinajstić information content (AvgIpc) is 2.76. The van der Waals surface area contributed by atoms with Crippen LogP contribution in [0.2, 0.25) is 0 Å². The summed E-state index contributed by atoms with van der Waals surface area (Å²) in [5.74, 6) is -0.718. The largest absolute Gasteiger partial charge is 0.462 e. The van der Waals surface area contributed by atoms with Crippen LogP contribution in [0.1, 0.15) is 45.0 Å². The molecule has 8 heteroatoms. The van der Waals surface area contributed by atoms with Gasteiger partial charge in [0.05, 0.1) is 12.8 Å². The molecular formula is C12H21N3O4S. The molecular weight excluding hydrogens is 282 g/mol. The molecule has 0 bridgehead atoms. The Morgan fingerprint density at radius 3 is 2.60 bits per heavy atom. The molecule has 1 atom stereocenters. The molecule has 0 fully saturated rings. The summed E-state index contributed by atoms with van der Waals surface area (Å²) in [6.07, 6.45) is 1.15. The number of carbonyl (C=O) groups is 1. The Morgan fingerprint density at radius 1 is 1.50 bits per heavy atom. The predicted octanol–water partition coefficient (Wildman–Crippen LogP) is 1.30. The predicted molar refractivity (Wildman–Crippen MR) is 73.8 cm³/mol. The van der Waals surface area contributed by atoms with Gasteiger partial charge in [-0.1, -0.05) is 20.8 Å². The number of aromatic amines is 1. The Morgan fingerprint density at radius 2 is 2.10 bits per heavy atom. The van der Waals surface area contributed by atoms with Crippen LogP contribution in [-0.2, 0) is 14.8 Å². The average molecular weight is 303 g/mol. The number of hydrogen-bond donors (Lipinski definition) is 2. The van der Waals surface area contributed by atoms with E-state index in [0.717, 1.165) is 6.20 Å². The Hall–Kier alpha value is -1.41. The highest BCUT2D eigenvalue weighted by Crippen LogP contribution is 2.21. The maximum Gasteiger partial charge on any atom is 0.342 e. The van der Waals surface area contributed by atoms with Crippen LogP contribution >= 0.6 is 0 Å². The molecule has 1 heterocycles. The first-order valence-corrected chi connectivity index (χ1v) is 7.80. The van der Waals surface area contributed by atoms with Gasteiger partial charge in [0, 0.05) is 6.04 Å². The van der Waals surface area contributed by atoms with Gasteiger partial charge in [-0.2, -0.15) is 5.10 Å². The van der Waals surface area contributed by atoms with E-state index in [1.54, 1.807) is 13.8 Å². The van der Waals surface area contributed by atoms with Crippen molar-refractivity contribution < 1.29 is 17.9 Å². The van der Waals surface area contributed by atoms with Crippen molar-refractivity contribution in [1.29, 1.82) is 0 Å². The van der Waals surface area contributed by atoms with Crippen LogP contribution in [0.25, 0.3) is 0 Å².